The molecule has 1 aliphatic heterocycles. The lowest BCUT2D eigenvalue weighted by Crippen LogP contribution is -2.35. The van der Waals surface area contributed by atoms with Gasteiger partial charge in [-0.25, -0.2) is 0 Å². The maximum absolute atomic E-state index is 12.9. The van der Waals surface area contributed by atoms with E-state index < -0.39 is 30.2 Å². The van der Waals surface area contributed by atoms with E-state index in [1.165, 1.54) is 21.3 Å². The SMILES string of the molecule is COc1cc([C@H](CC(=O)O)N2C(=O)c3ccccc3C2=O)cc(OC)c1OC. The number of carbonyl (C=O) groups is 3. The zero-order chi connectivity index (χ0) is 20.4. The van der Waals surface area contributed by atoms with E-state index in [1.54, 1.807) is 36.4 Å². The fourth-order valence-corrected chi connectivity index (χ4v) is 3.31. The molecule has 8 heteroatoms. The van der Waals surface area contributed by atoms with Gasteiger partial charge in [0.2, 0.25) is 5.75 Å². The van der Waals surface area contributed by atoms with E-state index in [9.17, 15) is 19.5 Å². The summed E-state index contributed by atoms with van der Waals surface area (Å²) in [6.45, 7) is 0. The summed E-state index contributed by atoms with van der Waals surface area (Å²) >= 11 is 0. The molecular weight excluding hydrogens is 366 g/mol. The number of amides is 2. The van der Waals surface area contributed by atoms with Crippen LogP contribution in [0.5, 0.6) is 17.2 Å². The number of carboxylic acid groups (broad SMARTS) is 1. The summed E-state index contributed by atoms with van der Waals surface area (Å²) in [7, 11) is 4.30. The van der Waals surface area contributed by atoms with Gasteiger partial charge in [0.15, 0.2) is 11.5 Å². The number of rotatable bonds is 7. The number of benzene rings is 2. The molecule has 2 aromatic carbocycles. The molecule has 1 aliphatic rings. The quantitative estimate of drug-likeness (QED) is 0.731. The van der Waals surface area contributed by atoms with E-state index in [4.69, 9.17) is 14.2 Å². The van der Waals surface area contributed by atoms with Crippen molar-refractivity contribution in [1.29, 1.82) is 0 Å². The molecule has 1 N–H and O–H groups in total. The molecule has 1 heterocycles. The number of nitrogens with zero attached hydrogens (tertiary/aromatic N) is 1. The average Bonchev–Trinajstić information content (AvgIpc) is 2.95. The van der Waals surface area contributed by atoms with Gasteiger partial charge in [0.05, 0.1) is 44.9 Å². The zero-order valence-electron chi connectivity index (χ0n) is 15.6. The van der Waals surface area contributed by atoms with Crippen molar-refractivity contribution in [3.63, 3.8) is 0 Å². The van der Waals surface area contributed by atoms with Gasteiger partial charge >= 0.3 is 5.97 Å². The third kappa shape index (κ3) is 3.13. The molecule has 28 heavy (non-hydrogen) atoms. The normalized spacial score (nSPS) is 13.9. The summed E-state index contributed by atoms with van der Waals surface area (Å²) in [5.74, 6) is -1.32. The predicted molar refractivity (Wildman–Crippen MR) is 98.0 cm³/mol. The van der Waals surface area contributed by atoms with Crippen LogP contribution >= 0.6 is 0 Å². The third-order valence-electron chi connectivity index (χ3n) is 4.58. The molecule has 0 saturated heterocycles. The average molecular weight is 385 g/mol. The second-order valence-electron chi connectivity index (χ2n) is 6.10. The van der Waals surface area contributed by atoms with E-state index in [0.29, 0.717) is 22.8 Å². The van der Waals surface area contributed by atoms with Crippen molar-refractivity contribution in [3.8, 4) is 17.2 Å². The minimum absolute atomic E-state index is 0.246. The monoisotopic (exact) mass is 385 g/mol. The van der Waals surface area contributed by atoms with Crippen molar-refractivity contribution in [1.82, 2.24) is 4.90 Å². The van der Waals surface area contributed by atoms with Crippen LogP contribution in [0.2, 0.25) is 0 Å². The summed E-state index contributed by atoms with van der Waals surface area (Å²) in [6.07, 6.45) is -0.468. The van der Waals surface area contributed by atoms with E-state index >= 15 is 0 Å². The fraction of sp³-hybridized carbons (Fsp3) is 0.250. The van der Waals surface area contributed by atoms with Gasteiger partial charge in [-0.1, -0.05) is 12.1 Å². The molecule has 0 radical (unpaired) electrons. The van der Waals surface area contributed by atoms with E-state index in [2.05, 4.69) is 0 Å². The van der Waals surface area contributed by atoms with Gasteiger partial charge in [0.1, 0.15) is 0 Å². The van der Waals surface area contributed by atoms with Crippen molar-refractivity contribution in [2.45, 2.75) is 12.5 Å². The zero-order valence-corrected chi connectivity index (χ0v) is 15.6. The molecule has 0 fully saturated rings. The maximum atomic E-state index is 12.9. The lowest BCUT2D eigenvalue weighted by atomic mass is 10.0. The Hall–Kier alpha value is -3.55. The Morgan fingerprint density at radius 1 is 0.964 bits per heavy atom. The lowest BCUT2D eigenvalue weighted by Gasteiger charge is -2.26. The van der Waals surface area contributed by atoms with E-state index in [-0.39, 0.29) is 11.1 Å². The number of carbonyl (C=O) groups excluding carboxylic acids is 2. The molecule has 0 aliphatic carbocycles. The number of fused-ring (bicyclic) bond motifs is 1. The van der Waals surface area contributed by atoms with Gasteiger partial charge < -0.3 is 19.3 Å². The standard InChI is InChI=1S/C20H19NO7/c1-26-15-8-11(9-16(27-2)18(15)28-3)14(10-17(22)23)21-19(24)12-6-4-5-7-13(12)20(21)25/h4-9,14H,10H2,1-3H3,(H,22,23)/t14-/m0/s1. The van der Waals surface area contributed by atoms with Crippen molar-refractivity contribution in [2.75, 3.05) is 21.3 Å². The van der Waals surface area contributed by atoms with Gasteiger partial charge in [-0.15, -0.1) is 0 Å². The first-order valence-electron chi connectivity index (χ1n) is 8.41. The number of hydrogen-bond donors (Lipinski definition) is 1. The van der Waals surface area contributed by atoms with Gasteiger partial charge in [-0.2, -0.15) is 0 Å². The van der Waals surface area contributed by atoms with Crippen LogP contribution in [0.15, 0.2) is 36.4 Å². The Bertz CT molecular complexity index is 893. The number of carboxylic acids is 1. The Morgan fingerprint density at radius 2 is 1.46 bits per heavy atom. The van der Waals surface area contributed by atoms with Crippen LogP contribution in [0, 0.1) is 0 Å². The summed E-state index contributed by atoms with van der Waals surface area (Å²) in [6, 6.07) is 8.43. The van der Waals surface area contributed by atoms with Crippen LogP contribution in [-0.4, -0.2) is 49.1 Å². The third-order valence-corrected chi connectivity index (χ3v) is 4.58. The van der Waals surface area contributed by atoms with Crippen molar-refractivity contribution in [2.24, 2.45) is 0 Å². The summed E-state index contributed by atoms with van der Waals surface area (Å²) in [5, 5.41) is 9.41. The molecule has 0 unspecified atom stereocenters. The Kier molecular flexibility index (Phi) is 5.21. The topological polar surface area (TPSA) is 102 Å². The summed E-state index contributed by atoms with van der Waals surface area (Å²) in [4.78, 5) is 38.2. The molecule has 3 rings (SSSR count). The van der Waals surface area contributed by atoms with Crippen LogP contribution in [0.4, 0.5) is 0 Å². The highest BCUT2D eigenvalue weighted by atomic mass is 16.5. The molecule has 0 bridgehead atoms. The number of methoxy groups -OCH3 is 3. The van der Waals surface area contributed by atoms with Gasteiger partial charge in [0.25, 0.3) is 11.8 Å². The Labute approximate surface area is 161 Å². The van der Waals surface area contributed by atoms with Crippen LogP contribution in [0.25, 0.3) is 0 Å². The lowest BCUT2D eigenvalue weighted by molar-refractivity contribution is -0.138. The fourth-order valence-electron chi connectivity index (χ4n) is 3.31. The van der Waals surface area contributed by atoms with Crippen molar-refractivity contribution < 1.29 is 33.7 Å². The van der Waals surface area contributed by atoms with Gasteiger partial charge in [-0.3, -0.25) is 19.3 Å². The first-order chi connectivity index (χ1) is 13.4. The van der Waals surface area contributed by atoms with Crippen molar-refractivity contribution in [3.05, 3.63) is 53.1 Å². The molecular formula is C20H19NO7. The highest BCUT2D eigenvalue weighted by molar-refractivity contribution is 6.21. The second kappa shape index (κ2) is 7.59. The first kappa shape index (κ1) is 19.2. The van der Waals surface area contributed by atoms with E-state index in [1.807, 2.05) is 0 Å². The molecule has 0 saturated carbocycles. The highest BCUT2D eigenvalue weighted by Crippen LogP contribution is 2.42. The minimum atomic E-state index is -1.16. The number of ether oxygens (including phenoxy) is 3. The predicted octanol–water partition coefficient (Wildman–Crippen LogP) is 2.52. The first-order valence-corrected chi connectivity index (χ1v) is 8.41. The smallest absolute Gasteiger partial charge is 0.305 e. The van der Waals surface area contributed by atoms with E-state index in [0.717, 1.165) is 4.90 Å². The maximum Gasteiger partial charge on any atom is 0.305 e. The molecule has 146 valence electrons. The molecule has 0 spiro atoms. The largest absolute Gasteiger partial charge is 0.493 e. The van der Waals surface area contributed by atoms with Crippen LogP contribution < -0.4 is 14.2 Å². The molecule has 2 amide bonds. The van der Waals surface area contributed by atoms with Crippen LogP contribution in [0.1, 0.15) is 38.7 Å². The summed E-state index contributed by atoms with van der Waals surface area (Å²) in [5.41, 5.74) is 0.872. The number of aliphatic carboxylic acids is 1. The molecule has 1 atom stereocenters. The van der Waals surface area contributed by atoms with Gasteiger partial charge in [0, 0.05) is 0 Å². The summed E-state index contributed by atoms with van der Waals surface area (Å²) < 4.78 is 15.9. The highest BCUT2D eigenvalue weighted by Gasteiger charge is 2.41. The van der Waals surface area contributed by atoms with Crippen molar-refractivity contribution >= 4 is 17.8 Å². The van der Waals surface area contributed by atoms with Gasteiger partial charge in [-0.05, 0) is 29.8 Å². The van der Waals surface area contributed by atoms with Crippen LogP contribution in [0.3, 0.4) is 0 Å². The minimum Gasteiger partial charge on any atom is -0.493 e. The molecule has 0 aromatic heterocycles. The molecule has 2 aromatic rings. The Balaban J connectivity index is 2.14. The number of imide groups is 1. The van der Waals surface area contributed by atoms with Crippen LogP contribution in [-0.2, 0) is 4.79 Å². The second-order valence-corrected chi connectivity index (χ2v) is 6.10. The molecule has 8 nitrogen and oxygen atoms in total. The number of hydrogen-bond acceptors (Lipinski definition) is 6. The Morgan fingerprint density at radius 3 is 1.86 bits per heavy atom.